The number of amides is 1. The summed E-state index contributed by atoms with van der Waals surface area (Å²) in [7, 11) is 0. The molecule has 9 heteroatoms. The summed E-state index contributed by atoms with van der Waals surface area (Å²) in [5, 5.41) is 4.48. The van der Waals surface area contributed by atoms with Crippen molar-refractivity contribution in [2.75, 3.05) is 45.1 Å². The van der Waals surface area contributed by atoms with Gasteiger partial charge >= 0.3 is 0 Å². The number of nitrogens with zero attached hydrogens (tertiary/aromatic N) is 3. The Labute approximate surface area is 238 Å². The van der Waals surface area contributed by atoms with Crippen molar-refractivity contribution >= 4 is 29.1 Å². The van der Waals surface area contributed by atoms with Gasteiger partial charge in [-0.3, -0.25) is 24.8 Å². The molecule has 0 saturated carbocycles. The van der Waals surface area contributed by atoms with Gasteiger partial charge in [0.15, 0.2) is 5.43 Å². The number of benzene rings is 2. The standard InChI is InChI=1S/C22H22N2O4.C9H12N2S/c25-16-24-10-8-23(9-11-24)12-13-27-18-6-7-19-20(26)15-21(28-22(19)14-18)17-4-2-1-3-5-17;1-7-6-12-9(11-7)8-3-2-4-10-5-8/h1-7,14-16H,8-13H2;2-5,7,9,11H,6H2,1H3. The maximum Gasteiger partial charge on any atom is 0.209 e. The van der Waals surface area contributed by atoms with Crippen molar-refractivity contribution in [2.24, 2.45) is 0 Å². The molecular weight excluding hydrogens is 524 g/mol. The number of nitrogens with one attached hydrogen (secondary N) is 1. The van der Waals surface area contributed by atoms with E-state index in [0.717, 1.165) is 44.7 Å². The third-order valence-corrected chi connectivity index (χ3v) is 8.36. The lowest BCUT2D eigenvalue weighted by Crippen LogP contribution is -2.46. The largest absolute Gasteiger partial charge is 0.492 e. The number of fused-ring (bicyclic) bond motifs is 1. The van der Waals surface area contributed by atoms with Crippen LogP contribution in [0.5, 0.6) is 5.75 Å². The third-order valence-electron chi connectivity index (χ3n) is 6.93. The van der Waals surface area contributed by atoms with Crippen molar-refractivity contribution in [1.29, 1.82) is 0 Å². The highest BCUT2D eigenvalue weighted by atomic mass is 32.2. The summed E-state index contributed by atoms with van der Waals surface area (Å²) in [6.45, 7) is 6.77. The molecule has 8 nitrogen and oxygen atoms in total. The Bertz CT molecular complexity index is 1440. The molecule has 0 aliphatic carbocycles. The zero-order valence-corrected chi connectivity index (χ0v) is 23.4. The van der Waals surface area contributed by atoms with Gasteiger partial charge in [-0.05, 0) is 30.7 Å². The van der Waals surface area contributed by atoms with Gasteiger partial charge in [-0.2, -0.15) is 0 Å². The van der Waals surface area contributed by atoms with E-state index in [1.165, 1.54) is 17.4 Å². The minimum atomic E-state index is -0.0697. The maximum absolute atomic E-state index is 12.4. The van der Waals surface area contributed by atoms with Crippen molar-refractivity contribution in [1.82, 2.24) is 20.1 Å². The van der Waals surface area contributed by atoms with E-state index in [1.807, 2.05) is 60.6 Å². The Hall–Kier alpha value is -3.66. The predicted molar refractivity (Wildman–Crippen MR) is 160 cm³/mol. The lowest BCUT2D eigenvalue weighted by Gasteiger charge is -2.32. The van der Waals surface area contributed by atoms with E-state index < -0.39 is 0 Å². The fraction of sp³-hybridized carbons (Fsp3) is 0.323. The Morgan fingerprint density at radius 3 is 2.60 bits per heavy atom. The first-order chi connectivity index (χ1) is 19.6. The molecule has 1 amide bonds. The summed E-state index contributed by atoms with van der Waals surface area (Å²) >= 11 is 1.95. The average molecular weight is 559 g/mol. The molecule has 2 unspecified atom stereocenters. The Morgan fingerprint density at radius 2 is 1.90 bits per heavy atom. The molecule has 2 aromatic heterocycles. The lowest BCUT2D eigenvalue weighted by molar-refractivity contribution is -0.119. The van der Waals surface area contributed by atoms with E-state index in [-0.39, 0.29) is 5.43 Å². The summed E-state index contributed by atoms with van der Waals surface area (Å²) in [4.78, 5) is 31.3. The van der Waals surface area contributed by atoms with E-state index >= 15 is 0 Å². The minimum Gasteiger partial charge on any atom is -0.492 e. The van der Waals surface area contributed by atoms with Crippen LogP contribution in [0.25, 0.3) is 22.3 Å². The molecule has 4 heterocycles. The van der Waals surface area contributed by atoms with Crippen LogP contribution in [0.15, 0.2) is 88.3 Å². The first-order valence-electron chi connectivity index (χ1n) is 13.5. The number of hydrogen-bond donors (Lipinski definition) is 1. The number of carbonyl (C=O) groups is 1. The monoisotopic (exact) mass is 558 g/mol. The number of hydrogen-bond acceptors (Lipinski definition) is 8. The molecule has 0 radical (unpaired) electrons. The molecule has 2 aliphatic rings. The van der Waals surface area contributed by atoms with Crippen LogP contribution >= 0.6 is 11.8 Å². The SMILES string of the molecule is CC1CSC(c2cccnc2)N1.O=CN1CCN(CCOc2ccc3c(=O)cc(-c4ccccc4)oc3c2)CC1. The molecule has 208 valence electrons. The van der Waals surface area contributed by atoms with Gasteiger partial charge in [0.1, 0.15) is 23.7 Å². The van der Waals surface area contributed by atoms with Crippen LogP contribution < -0.4 is 15.5 Å². The van der Waals surface area contributed by atoms with E-state index in [0.29, 0.717) is 40.5 Å². The molecule has 0 bridgehead atoms. The zero-order chi connectivity index (χ0) is 27.7. The van der Waals surface area contributed by atoms with Gasteiger partial charge in [-0.25, -0.2) is 0 Å². The lowest BCUT2D eigenvalue weighted by atomic mass is 10.1. The molecule has 2 aromatic carbocycles. The molecule has 2 saturated heterocycles. The molecule has 4 aromatic rings. The van der Waals surface area contributed by atoms with E-state index in [4.69, 9.17) is 9.15 Å². The van der Waals surface area contributed by atoms with Crippen molar-refractivity contribution in [2.45, 2.75) is 18.3 Å². The van der Waals surface area contributed by atoms with E-state index in [9.17, 15) is 9.59 Å². The Balaban J connectivity index is 0.000000223. The summed E-state index contributed by atoms with van der Waals surface area (Å²) in [6.07, 6.45) is 4.65. The predicted octanol–water partition coefficient (Wildman–Crippen LogP) is 4.42. The first kappa shape index (κ1) is 27.9. The quantitative estimate of drug-likeness (QED) is 0.334. The number of rotatable bonds is 7. The number of ether oxygens (including phenoxy) is 1. The number of aromatic nitrogens is 1. The smallest absolute Gasteiger partial charge is 0.209 e. The van der Waals surface area contributed by atoms with Gasteiger partial charge in [-0.1, -0.05) is 36.4 Å². The molecular formula is C31H34N4O4S. The number of carbonyl (C=O) groups excluding carboxylic acids is 1. The molecule has 0 spiro atoms. The van der Waals surface area contributed by atoms with Gasteiger partial charge in [0.25, 0.3) is 0 Å². The van der Waals surface area contributed by atoms with Crippen LogP contribution in [0.3, 0.4) is 0 Å². The highest BCUT2D eigenvalue weighted by Crippen LogP contribution is 2.31. The van der Waals surface area contributed by atoms with Crippen LogP contribution in [0, 0.1) is 0 Å². The fourth-order valence-electron chi connectivity index (χ4n) is 4.67. The summed E-state index contributed by atoms with van der Waals surface area (Å²) in [5.41, 5.74) is 2.59. The van der Waals surface area contributed by atoms with Crippen LogP contribution in [0.1, 0.15) is 17.9 Å². The molecule has 6 rings (SSSR count). The third kappa shape index (κ3) is 7.29. The first-order valence-corrected chi connectivity index (χ1v) is 14.6. The van der Waals surface area contributed by atoms with Crippen molar-refractivity contribution in [3.63, 3.8) is 0 Å². The summed E-state index contributed by atoms with van der Waals surface area (Å²) in [5.74, 6) is 2.41. The van der Waals surface area contributed by atoms with Gasteiger partial charge in [0.05, 0.1) is 10.8 Å². The molecule has 2 aliphatic heterocycles. The second-order valence-corrected chi connectivity index (χ2v) is 11.0. The topological polar surface area (TPSA) is 87.9 Å². The van der Waals surface area contributed by atoms with Gasteiger partial charge in [0, 0.05) is 74.6 Å². The average Bonchev–Trinajstić information content (AvgIpc) is 3.45. The second kappa shape index (κ2) is 13.6. The zero-order valence-electron chi connectivity index (χ0n) is 22.6. The van der Waals surface area contributed by atoms with Gasteiger partial charge < -0.3 is 14.1 Å². The highest BCUT2D eigenvalue weighted by molar-refractivity contribution is 7.99. The molecule has 40 heavy (non-hydrogen) atoms. The number of thioether (sulfide) groups is 1. The van der Waals surface area contributed by atoms with Crippen LogP contribution in [-0.4, -0.2) is 72.3 Å². The number of piperazine rings is 1. The summed E-state index contributed by atoms with van der Waals surface area (Å²) in [6, 6.07) is 21.1. The van der Waals surface area contributed by atoms with Crippen molar-refractivity contribution < 1.29 is 13.9 Å². The van der Waals surface area contributed by atoms with Crippen LogP contribution in [0.4, 0.5) is 0 Å². The van der Waals surface area contributed by atoms with E-state index in [1.54, 1.807) is 23.1 Å². The minimum absolute atomic E-state index is 0.0697. The number of pyridine rings is 1. The van der Waals surface area contributed by atoms with Gasteiger partial charge in [-0.15, -0.1) is 11.8 Å². The normalized spacial score (nSPS) is 19.2. The van der Waals surface area contributed by atoms with Crippen LogP contribution in [0.2, 0.25) is 0 Å². The van der Waals surface area contributed by atoms with Crippen molar-refractivity contribution in [3.8, 4) is 17.1 Å². The fourth-order valence-corrected chi connectivity index (χ4v) is 5.91. The molecule has 2 fully saturated rings. The van der Waals surface area contributed by atoms with Gasteiger partial charge in [0.2, 0.25) is 6.41 Å². The highest BCUT2D eigenvalue weighted by Gasteiger charge is 2.22. The van der Waals surface area contributed by atoms with Crippen LogP contribution in [-0.2, 0) is 4.79 Å². The second-order valence-electron chi connectivity index (χ2n) is 9.90. The van der Waals surface area contributed by atoms with E-state index in [2.05, 4.69) is 28.2 Å². The Kier molecular flexibility index (Phi) is 9.49. The molecule has 2 atom stereocenters. The maximum atomic E-state index is 12.4. The van der Waals surface area contributed by atoms with Crippen molar-refractivity contribution in [3.05, 3.63) is 94.9 Å². The summed E-state index contributed by atoms with van der Waals surface area (Å²) < 4.78 is 11.8. The Morgan fingerprint density at radius 1 is 1.07 bits per heavy atom. The molecule has 1 N–H and O–H groups in total.